The molecule has 0 aliphatic carbocycles. The Hall–Kier alpha value is -6.79. The normalized spacial score (nSPS) is 17.2. The van der Waals surface area contributed by atoms with Gasteiger partial charge in [0, 0.05) is 37.4 Å². The number of carbonyl (C=O) groups is 4. The standard InChI is InChI=1S/C53H55F4N7O7S2/c1-31-45(73-30-60-31)34-11-9-32(10-12-34)27-59-47(67)43-25-38(65)28-62(43)48(68)46(51(2,3)4)61-44(66)29-70-21-7-8-22-71-39-18-14-33(15-19-39)40-20-17-37(24-42(40)54)64-50(72)63(49(69)52(64,5)6)36-16-13-35(26-58)41(23-36)53(55,56)57/h9-20,23-24,30,38,43,46,65H,7-8,21-22,25,27-29H2,1-6H3,(H,59,67)(H,61,66)/t38-,43+,46-/m1/s1. The highest BCUT2D eigenvalue weighted by Gasteiger charge is 2.51. The number of ether oxygens (including phenoxy) is 2. The monoisotopic (exact) mass is 1040 g/mol. The molecule has 14 nitrogen and oxygen atoms in total. The number of aromatic nitrogens is 1. The molecule has 384 valence electrons. The first-order chi connectivity index (χ1) is 34.5. The number of amides is 4. The van der Waals surface area contributed by atoms with Crippen molar-refractivity contribution in [3.8, 4) is 33.4 Å². The second kappa shape index (κ2) is 22.1. The predicted octanol–water partition coefficient (Wildman–Crippen LogP) is 8.72. The molecular formula is C53H55F4N7O7S2. The van der Waals surface area contributed by atoms with E-state index < -0.39 is 75.9 Å². The van der Waals surface area contributed by atoms with Crippen molar-refractivity contribution in [2.75, 3.05) is 36.2 Å². The molecule has 0 unspecified atom stereocenters. The Bertz CT molecular complexity index is 2920. The first kappa shape index (κ1) is 54.0. The van der Waals surface area contributed by atoms with Gasteiger partial charge in [0.2, 0.25) is 17.7 Å². The van der Waals surface area contributed by atoms with Crippen LogP contribution >= 0.6 is 23.6 Å². The summed E-state index contributed by atoms with van der Waals surface area (Å²) in [6, 6.07) is 21.3. The van der Waals surface area contributed by atoms with Gasteiger partial charge in [-0.1, -0.05) is 57.2 Å². The predicted molar refractivity (Wildman–Crippen MR) is 272 cm³/mol. The molecule has 73 heavy (non-hydrogen) atoms. The molecule has 1 aromatic heterocycles. The summed E-state index contributed by atoms with van der Waals surface area (Å²) in [6.45, 7) is 10.8. The number of aryl methyl sites for hydroxylation is 1. The van der Waals surface area contributed by atoms with E-state index in [1.165, 1.54) is 47.9 Å². The van der Waals surface area contributed by atoms with Gasteiger partial charge in [0.25, 0.3) is 5.91 Å². The lowest BCUT2D eigenvalue weighted by atomic mass is 9.85. The molecule has 5 aromatic rings. The fourth-order valence-electron chi connectivity index (χ4n) is 8.71. The number of hydrogen-bond donors (Lipinski definition) is 3. The fourth-order valence-corrected chi connectivity index (χ4v) is 10.0. The van der Waals surface area contributed by atoms with Crippen molar-refractivity contribution in [3.63, 3.8) is 0 Å². The largest absolute Gasteiger partial charge is 0.494 e. The molecule has 2 saturated heterocycles. The lowest BCUT2D eigenvalue weighted by Crippen LogP contribution is -2.58. The molecule has 3 atom stereocenters. The third-order valence-corrected chi connectivity index (χ3v) is 14.0. The zero-order chi connectivity index (χ0) is 53.0. The van der Waals surface area contributed by atoms with E-state index in [1.54, 1.807) is 68.0 Å². The summed E-state index contributed by atoms with van der Waals surface area (Å²) in [5.74, 6) is -2.14. The van der Waals surface area contributed by atoms with Crippen LogP contribution in [0.2, 0.25) is 0 Å². The van der Waals surface area contributed by atoms with E-state index in [-0.39, 0.29) is 54.8 Å². The molecule has 4 amide bonds. The average Bonchev–Trinajstić information content (AvgIpc) is 4.01. The quantitative estimate of drug-likeness (QED) is 0.0461. The second-order valence-corrected chi connectivity index (χ2v) is 20.6. The number of aliphatic hydroxyl groups excluding tert-OH is 1. The average molecular weight is 1040 g/mol. The van der Waals surface area contributed by atoms with Crippen LogP contribution in [0.3, 0.4) is 0 Å². The molecule has 0 spiro atoms. The highest BCUT2D eigenvalue weighted by Crippen LogP contribution is 2.41. The van der Waals surface area contributed by atoms with E-state index in [2.05, 4.69) is 15.6 Å². The minimum Gasteiger partial charge on any atom is -0.494 e. The summed E-state index contributed by atoms with van der Waals surface area (Å²) < 4.78 is 68.6. The number of aliphatic hydroxyl groups is 1. The summed E-state index contributed by atoms with van der Waals surface area (Å²) in [7, 11) is 0. The van der Waals surface area contributed by atoms with Crippen LogP contribution in [0.25, 0.3) is 21.6 Å². The van der Waals surface area contributed by atoms with Crippen molar-refractivity contribution in [2.24, 2.45) is 5.41 Å². The van der Waals surface area contributed by atoms with E-state index in [1.807, 2.05) is 31.2 Å². The summed E-state index contributed by atoms with van der Waals surface area (Å²) >= 11 is 7.14. The molecule has 3 heterocycles. The number of nitrogens with one attached hydrogen (secondary N) is 2. The Labute approximate surface area is 429 Å². The number of thiocarbonyl (C=S) groups is 1. The first-order valence-electron chi connectivity index (χ1n) is 23.4. The molecule has 2 aliphatic heterocycles. The van der Waals surface area contributed by atoms with Crippen molar-refractivity contribution < 1.29 is 51.3 Å². The Morgan fingerprint density at radius 2 is 1.64 bits per heavy atom. The Morgan fingerprint density at radius 3 is 2.27 bits per heavy atom. The number of likely N-dealkylation sites (tertiary alicyclic amines) is 1. The van der Waals surface area contributed by atoms with Gasteiger partial charge in [-0.3, -0.25) is 24.1 Å². The molecule has 0 radical (unpaired) electrons. The maximum atomic E-state index is 15.8. The smallest absolute Gasteiger partial charge is 0.417 e. The minimum atomic E-state index is -4.86. The Balaban J connectivity index is 0.853. The van der Waals surface area contributed by atoms with Gasteiger partial charge in [-0.05, 0) is 116 Å². The Morgan fingerprint density at radius 1 is 0.973 bits per heavy atom. The molecule has 7 rings (SSSR count). The second-order valence-electron chi connectivity index (χ2n) is 19.4. The molecule has 2 fully saturated rings. The van der Waals surface area contributed by atoms with Gasteiger partial charge in [-0.2, -0.15) is 18.4 Å². The Kier molecular flexibility index (Phi) is 16.4. The molecule has 3 N–H and O–H groups in total. The van der Waals surface area contributed by atoms with Gasteiger partial charge in [-0.25, -0.2) is 9.37 Å². The third kappa shape index (κ3) is 12.2. The summed E-state index contributed by atoms with van der Waals surface area (Å²) in [5, 5.41) is 25.3. The zero-order valence-electron chi connectivity index (χ0n) is 41.0. The first-order valence-corrected chi connectivity index (χ1v) is 24.7. The fraction of sp³-hybridized carbons (Fsp3) is 0.377. The highest BCUT2D eigenvalue weighted by atomic mass is 32.1. The SMILES string of the molecule is Cc1ncsc1-c1ccc(CNC(=O)[C@@H]2C[C@@H](O)CN2C(=O)[C@@H](NC(=O)COCCCCOc2ccc(-c3ccc(N4C(=S)N(c5ccc(C#N)c(C(F)(F)F)c5)C(=O)C4(C)C)cc3F)cc2)C(C)(C)C)cc1. The summed E-state index contributed by atoms with van der Waals surface area (Å²) in [4.78, 5) is 63.2. The van der Waals surface area contributed by atoms with Crippen LogP contribution in [0.4, 0.5) is 28.9 Å². The number of halogens is 4. The van der Waals surface area contributed by atoms with E-state index >= 15 is 4.39 Å². The number of β-amino-alcohol motifs (C(OH)–C–C–N with tert-alkyl or cyclic N) is 1. The van der Waals surface area contributed by atoms with Crippen molar-refractivity contribution in [2.45, 2.75) is 97.3 Å². The van der Waals surface area contributed by atoms with Crippen LogP contribution in [0.1, 0.15) is 76.3 Å². The number of hydrogen-bond acceptors (Lipinski definition) is 11. The van der Waals surface area contributed by atoms with Gasteiger partial charge in [0.1, 0.15) is 35.8 Å². The lowest BCUT2D eigenvalue weighted by Gasteiger charge is -2.35. The number of anilines is 2. The molecule has 20 heteroatoms. The van der Waals surface area contributed by atoms with Crippen molar-refractivity contribution in [1.29, 1.82) is 5.26 Å². The minimum absolute atomic E-state index is 0.0509. The highest BCUT2D eigenvalue weighted by molar-refractivity contribution is 7.81. The lowest BCUT2D eigenvalue weighted by molar-refractivity contribution is -0.144. The number of alkyl halides is 3. The maximum absolute atomic E-state index is 15.8. The van der Waals surface area contributed by atoms with Gasteiger partial charge >= 0.3 is 6.18 Å². The van der Waals surface area contributed by atoms with Crippen molar-refractivity contribution >= 4 is 63.7 Å². The zero-order valence-corrected chi connectivity index (χ0v) is 42.6. The van der Waals surface area contributed by atoms with Crippen LogP contribution in [0.15, 0.2) is 90.4 Å². The number of benzene rings is 4. The molecular weight excluding hydrogens is 987 g/mol. The number of rotatable bonds is 17. The van der Waals surface area contributed by atoms with E-state index in [0.717, 1.165) is 32.7 Å². The van der Waals surface area contributed by atoms with Crippen LogP contribution < -0.4 is 25.2 Å². The molecule has 0 saturated carbocycles. The van der Waals surface area contributed by atoms with Gasteiger partial charge < -0.3 is 35.0 Å². The van der Waals surface area contributed by atoms with Crippen LogP contribution in [-0.2, 0) is 36.6 Å². The maximum Gasteiger partial charge on any atom is 0.417 e. The van der Waals surface area contributed by atoms with Crippen LogP contribution in [-0.4, -0.2) is 93.8 Å². The van der Waals surface area contributed by atoms with Crippen molar-refractivity contribution in [3.05, 3.63) is 119 Å². The van der Waals surface area contributed by atoms with E-state index in [0.29, 0.717) is 36.8 Å². The number of nitrogens with zero attached hydrogens (tertiary/aromatic N) is 5. The van der Waals surface area contributed by atoms with Gasteiger partial charge in [0.15, 0.2) is 5.11 Å². The summed E-state index contributed by atoms with van der Waals surface area (Å²) in [5.41, 5.74) is 1.46. The summed E-state index contributed by atoms with van der Waals surface area (Å²) in [6.07, 6.45) is -4.58. The molecule has 2 aliphatic rings. The van der Waals surface area contributed by atoms with E-state index in [9.17, 15) is 42.7 Å². The molecule has 0 bridgehead atoms. The van der Waals surface area contributed by atoms with Crippen LogP contribution in [0.5, 0.6) is 5.75 Å². The van der Waals surface area contributed by atoms with Crippen molar-refractivity contribution in [1.82, 2.24) is 20.5 Å². The number of unbranched alkanes of at least 4 members (excludes halogenated alkanes) is 1. The number of carbonyl (C=O) groups excluding carboxylic acids is 4. The molecule has 4 aromatic carbocycles. The van der Waals surface area contributed by atoms with Crippen LogP contribution in [0, 0.1) is 29.5 Å². The third-order valence-electron chi connectivity index (χ3n) is 12.6. The topological polar surface area (TPSA) is 177 Å². The van der Waals surface area contributed by atoms with Gasteiger partial charge in [-0.15, -0.1) is 11.3 Å². The number of thiazole rings is 1. The number of nitriles is 1. The van der Waals surface area contributed by atoms with Gasteiger partial charge in [0.05, 0.1) is 51.7 Å². The van der Waals surface area contributed by atoms with E-state index in [4.69, 9.17) is 21.7 Å².